The summed E-state index contributed by atoms with van der Waals surface area (Å²) < 4.78 is 0. The summed E-state index contributed by atoms with van der Waals surface area (Å²) in [6.45, 7) is 3.36. The SMILES string of the molecule is CC(=O)c1ccc(C#N)cc1N1CCC(N(C)c2ccccc2)CC1. The van der Waals surface area contributed by atoms with Crippen LogP contribution in [-0.2, 0) is 0 Å². The lowest BCUT2D eigenvalue weighted by Crippen LogP contribution is -2.44. The van der Waals surface area contributed by atoms with E-state index in [1.54, 1.807) is 19.1 Å². The molecule has 0 unspecified atom stereocenters. The second-order valence-electron chi connectivity index (χ2n) is 6.56. The van der Waals surface area contributed by atoms with Gasteiger partial charge in [-0.2, -0.15) is 5.26 Å². The van der Waals surface area contributed by atoms with Crippen molar-refractivity contribution in [1.29, 1.82) is 5.26 Å². The molecule has 0 bridgehead atoms. The fraction of sp³-hybridized carbons (Fsp3) is 0.333. The maximum absolute atomic E-state index is 11.9. The van der Waals surface area contributed by atoms with Gasteiger partial charge in [-0.3, -0.25) is 4.79 Å². The number of hydrogen-bond donors (Lipinski definition) is 0. The van der Waals surface area contributed by atoms with Crippen LogP contribution in [0.4, 0.5) is 11.4 Å². The molecule has 1 aliphatic heterocycles. The molecule has 1 heterocycles. The lowest BCUT2D eigenvalue weighted by Gasteiger charge is -2.39. The van der Waals surface area contributed by atoms with Gasteiger partial charge in [0.1, 0.15) is 0 Å². The van der Waals surface area contributed by atoms with Crippen molar-refractivity contribution >= 4 is 17.2 Å². The van der Waals surface area contributed by atoms with Crippen LogP contribution in [0.2, 0.25) is 0 Å². The van der Waals surface area contributed by atoms with E-state index < -0.39 is 0 Å². The van der Waals surface area contributed by atoms with Gasteiger partial charge in [0, 0.05) is 43.1 Å². The highest BCUT2D eigenvalue weighted by molar-refractivity contribution is 6.00. The van der Waals surface area contributed by atoms with E-state index in [1.165, 1.54) is 5.69 Å². The molecule has 1 aliphatic rings. The first-order chi connectivity index (χ1) is 12.1. The van der Waals surface area contributed by atoms with Crippen LogP contribution in [0.5, 0.6) is 0 Å². The number of Topliss-reactive ketones (excluding diaryl/α,β-unsaturated/α-hetero) is 1. The van der Waals surface area contributed by atoms with Crippen LogP contribution in [-0.4, -0.2) is 32.0 Å². The molecule has 0 saturated carbocycles. The molecule has 0 radical (unpaired) electrons. The Hall–Kier alpha value is -2.80. The molecule has 4 nitrogen and oxygen atoms in total. The Bertz CT molecular complexity index is 787. The number of piperidine rings is 1. The molecule has 2 aromatic carbocycles. The smallest absolute Gasteiger partial charge is 0.161 e. The van der Waals surface area contributed by atoms with Crippen molar-refractivity contribution in [3.8, 4) is 6.07 Å². The molecule has 0 aliphatic carbocycles. The maximum Gasteiger partial charge on any atom is 0.161 e. The van der Waals surface area contributed by atoms with Gasteiger partial charge in [0.15, 0.2) is 5.78 Å². The average molecular weight is 333 g/mol. The van der Waals surface area contributed by atoms with Crippen molar-refractivity contribution in [3.05, 3.63) is 59.7 Å². The predicted molar refractivity (Wildman–Crippen MR) is 101 cm³/mol. The van der Waals surface area contributed by atoms with Crippen LogP contribution in [0.15, 0.2) is 48.5 Å². The van der Waals surface area contributed by atoms with E-state index in [9.17, 15) is 10.1 Å². The molecule has 1 fully saturated rings. The van der Waals surface area contributed by atoms with Crippen LogP contribution >= 0.6 is 0 Å². The van der Waals surface area contributed by atoms with Gasteiger partial charge in [-0.05, 0) is 50.1 Å². The zero-order valence-corrected chi connectivity index (χ0v) is 14.8. The molecule has 1 saturated heterocycles. The molecule has 0 N–H and O–H groups in total. The third kappa shape index (κ3) is 3.66. The highest BCUT2D eigenvalue weighted by atomic mass is 16.1. The van der Waals surface area contributed by atoms with Crippen LogP contribution < -0.4 is 9.80 Å². The first-order valence-corrected chi connectivity index (χ1v) is 8.68. The van der Waals surface area contributed by atoms with Gasteiger partial charge in [-0.15, -0.1) is 0 Å². The molecular formula is C21H23N3O. The van der Waals surface area contributed by atoms with Crippen molar-refractivity contribution in [2.24, 2.45) is 0 Å². The normalized spacial score (nSPS) is 14.8. The second kappa shape index (κ2) is 7.40. The van der Waals surface area contributed by atoms with E-state index in [-0.39, 0.29) is 5.78 Å². The Labute approximate surface area is 149 Å². The molecule has 3 rings (SSSR count). The number of anilines is 2. The topological polar surface area (TPSA) is 47.3 Å². The lowest BCUT2D eigenvalue weighted by molar-refractivity contribution is 0.101. The number of carbonyl (C=O) groups excluding carboxylic acids is 1. The highest BCUT2D eigenvalue weighted by Gasteiger charge is 2.25. The van der Waals surface area contributed by atoms with E-state index in [0.29, 0.717) is 17.2 Å². The second-order valence-corrected chi connectivity index (χ2v) is 6.56. The lowest BCUT2D eigenvalue weighted by atomic mass is 9.99. The highest BCUT2D eigenvalue weighted by Crippen LogP contribution is 2.28. The van der Waals surface area contributed by atoms with Crippen molar-refractivity contribution in [3.63, 3.8) is 0 Å². The Morgan fingerprint density at radius 1 is 1.16 bits per heavy atom. The minimum absolute atomic E-state index is 0.0445. The standard InChI is InChI=1S/C21H23N3O/c1-16(25)20-9-8-17(15-22)14-21(20)24-12-10-19(11-13-24)23(2)18-6-4-3-5-7-18/h3-9,14,19H,10-13H2,1-2H3. The molecule has 0 atom stereocenters. The summed E-state index contributed by atoms with van der Waals surface area (Å²) in [6, 6.07) is 18.4. The van der Waals surface area contributed by atoms with Gasteiger partial charge in [0.2, 0.25) is 0 Å². The molecule has 25 heavy (non-hydrogen) atoms. The summed E-state index contributed by atoms with van der Waals surface area (Å²) >= 11 is 0. The van der Waals surface area contributed by atoms with E-state index in [4.69, 9.17) is 0 Å². The minimum atomic E-state index is 0.0445. The van der Waals surface area contributed by atoms with Crippen molar-refractivity contribution < 1.29 is 4.79 Å². The van der Waals surface area contributed by atoms with Crippen LogP contribution in [0.1, 0.15) is 35.7 Å². The Morgan fingerprint density at radius 3 is 2.44 bits per heavy atom. The fourth-order valence-electron chi connectivity index (χ4n) is 3.53. The van der Waals surface area contributed by atoms with Gasteiger partial charge in [-0.25, -0.2) is 0 Å². The van der Waals surface area contributed by atoms with Crippen molar-refractivity contribution in [1.82, 2.24) is 0 Å². The van der Waals surface area contributed by atoms with Crippen LogP contribution in [0.3, 0.4) is 0 Å². The molecule has 0 spiro atoms. The van der Waals surface area contributed by atoms with E-state index in [0.717, 1.165) is 31.6 Å². The Balaban J connectivity index is 1.74. The van der Waals surface area contributed by atoms with Gasteiger partial charge in [-0.1, -0.05) is 18.2 Å². The van der Waals surface area contributed by atoms with Crippen molar-refractivity contribution in [2.45, 2.75) is 25.8 Å². The van der Waals surface area contributed by atoms with E-state index in [2.05, 4.69) is 47.2 Å². The Kier molecular flexibility index (Phi) is 5.04. The zero-order valence-electron chi connectivity index (χ0n) is 14.8. The van der Waals surface area contributed by atoms with Gasteiger partial charge < -0.3 is 9.80 Å². The molecule has 128 valence electrons. The summed E-state index contributed by atoms with van der Waals surface area (Å²) in [5.41, 5.74) is 3.43. The average Bonchev–Trinajstić information content (AvgIpc) is 2.67. The summed E-state index contributed by atoms with van der Waals surface area (Å²) in [7, 11) is 2.15. The van der Waals surface area contributed by atoms with Gasteiger partial charge in [0.25, 0.3) is 0 Å². The maximum atomic E-state index is 11.9. The zero-order chi connectivity index (χ0) is 17.8. The summed E-state index contributed by atoms with van der Waals surface area (Å²) in [5.74, 6) is 0.0445. The predicted octanol–water partition coefficient (Wildman–Crippen LogP) is 3.87. The van der Waals surface area contributed by atoms with Crippen LogP contribution in [0, 0.1) is 11.3 Å². The summed E-state index contributed by atoms with van der Waals surface area (Å²) in [5, 5.41) is 9.17. The third-order valence-corrected chi connectivity index (χ3v) is 5.02. The van der Waals surface area contributed by atoms with Gasteiger partial charge >= 0.3 is 0 Å². The Morgan fingerprint density at radius 2 is 1.84 bits per heavy atom. The molecular weight excluding hydrogens is 310 g/mol. The molecule has 4 heteroatoms. The van der Waals surface area contributed by atoms with Crippen LogP contribution in [0.25, 0.3) is 0 Å². The first-order valence-electron chi connectivity index (χ1n) is 8.68. The first kappa shape index (κ1) is 17.0. The number of nitrogens with zero attached hydrogens (tertiary/aromatic N) is 3. The monoisotopic (exact) mass is 333 g/mol. The number of carbonyl (C=O) groups is 1. The molecule has 0 aromatic heterocycles. The minimum Gasteiger partial charge on any atom is -0.371 e. The number of hydrogen-bond acceptors (Lipinski definition) is 4. The largest absolute Gasteiger partial charge is 0.371 e. The number of para-hydroxylation sites is 1. The van der Waals surface area contributed by atoms with Crippen molar-refractivity contribution in [2.75, 3.05) is 29.9 Å². The van der Waals surface area contributed by atoms with Gasteiger partial charge in [0.05, 0.1) is 11.6 Å². The number of nitriles is 1. The number of benzene rings is 2. The number of rotatable bonds is 4. The molecule has 2 aromatic rings. The number of ketones is 1. The third-order valence-electron chi connectivity index (χ3n) is 5.02. The quantitative estimate of drug-likeness (QED) is 0.797. The van der Waals surface area contributed by atoms with E-state index >= 15 is 0 Å². The fourth-order valence-corrected chi connectivity index (χ4v) is 3.53. The summed E-state index contributed by atoms with van der Waals surface area (Å²) in [6.07, 6.45) is 2.05. The summed E-state index contributed by atoms with van der Waals surface area (Å²) in [4.78, 5) is 16.5. The molecule has 0 amide bonds. The van der Waals surface area contributed by atoms with E-state index in [1.807, 2.05) is 12.1 Å².